The molecule has 0 bridgehead atoms. The Kier molecular flexibility index (Phi) is 3.15. The van der Waals surface area contributed by atoms with E-state index in [0.29, 0.717) is 11.0 Å². The molecule has 106 valence electrons. The standard InChI is InChI=1S/C16H32N2/c1-14(2,3)16(7,8)18-10-9-17(15(4,5)6)12-11-13(12)18/h12-13H,9-11H2,1-8H3/t12-,13+/m1/s1. The van der Waals surface area contributed by atoms with Gasteiger partial charge in [0, 0.05) is 36.3 Å². The zero-order valence-corrected chi connectivity index (χ0v) is 13.7. The van der Waals surface area contributed by atoms with Gasteiger partial charge in [0.05, 0.1) is 0 Å². The van der Waals surface area contributed by atoms with Crippen LogP contribution in [0.25, 0.3) is 0 Å². The molecule has 1 aliphatic carbocycles. The quantitative estimate of drug-likeness (QED) is 0.706. The molecule has 2 fully saturated rings. The topological polar surface area (TPSA) is 6.48 Å². The lowest BCUT2D eigenvalue weighted by Crippen LogP contribution is -2.61. The maximum Gasteiger partial charge on any atom is 0.0273 e. The fraction of sp³-hybridized carbons (Fsp3) is 1.00. The fourth-order valence-electron chi connectivity index (χ4n) is 3.34. The number of hydrogen-bond acceptors (Lipinski definition) is 2. The third-order valence-electron chi connectivity index (χ3n) is 5.52. The van der Waals surface area contributed by atoms with Gasteiger partial charge >= 0.3 is 0 Å². The van der Waals surface area contributed by atoms with Crippen molar-refractivity contribution in [2.24, 2.45) is 5.41 Å². The van der Waals surface area contributed by atoms with Crippen LogP contribution in [-0.4, -0.2) is 46.1 Å². The monoisotopic (exact) mass is 252 g/mol. The first-order valence-corrected chi connectivity index (χ1v) is 7.50. The summed E-state index contributed by atoms with van der Waals surface area (Å²) in [5.41, 5.74) is 0.956. The number of piperazine rings is 1. The van der Waals surface area contributed by atoms with Crippen molar-refractivity contribution >= 4 is 0 Å². The summed E-state index contributed by atoms with van der Waals surface area (Å²) in [6.45, 7) is 21.5. The van der Waals surface area contributed by atoms with Crippen LogP contribution in [0, 0.1) is 5.41 Å². The third-order valence-corrected chi connectivity index (χ3v) is 5.52. The SMILES string of the molecule is CC(C)(C)N1CCN(C(C)(C)C(C)(C)C)[C@H]2C[C@H]21. The van der Waals surface area contributed by atoms with Gasteiger partial charge in [-0.15, -0.1) is 0 Å². The Morgan fingerprint density at radius 3 is 1.61 bits per heavy atom. The predicted molar refractivity (Wildman–Crippen MR) is 78.9 cm³/mol. The predicted octanol–water partition coefficient (Wildman–Crippen LogP) is 3.37. The van der Waals surface area contributed by atoms with E-state index in [0.717, 1.165) is 12.1 Å². The van der Waals surface area contributed by atoms with E-state index < -0.39 is 0 Å². The van der Waals surface area contributed by atoms with Crippen LogP contribution in [-0.2, 0) is 0 Å². The average Bonchev–Trinajstić information content (AvgIpc) is 2.90. The van der Waals surface area contributed by atoms with E-state index in [-0.39, 0.29) is 5.54 Å². The Labute approximate surface area is 114 Å². The first kappa shape index (κ1) is 14.3. The zero-order valence-electron chi connectivity index (χ0n) is 13.7. The van der Waals surface area contributed by atoms with Crippen LogP contribution < -0.4 is 0 Å². The van der Waals surface area contributed by atoms with Gasteiger partial charge in [-0.05, 0) is 46.5 Å². The van der Waals surface area contributed by atoms with Crippen LogP contribution in [0.4, 0.5) is 0 Å². The highest BCUT2D eigenvalue weighted by molar-refractivity contribution is 5.13. The minimum atomic E-state index is 0.288. The highest BCUT2D eigenvalue weighted by Crippen LogP contribution is 2.47. The molecule has 0 radical (unpaired) electrons. The molecular weight excluding hydrogens is 220 g/mol. The van der Waals surface area contributed by atoms with E-state index in [9.17, 15) is 0 Å². The molecule has 0 aromatic heterocycles. The van der Waals surface area contributed by atoms with Crippen molar-refractivity contribution in [1.29, 1.82) is 0 Å². The lowest BCUT2D eigenvalue weighted by atomic mass is 9.74. The minimum absolute atomic E-state index is 0.288. The molecule has 0 spiro atoms. The summed E-state index contributed by atoms with van der Waals surface area (Å²) in [4.78, 5) is 5.49. The molecule has 0 unspecified atom stereocenters. The van der Waals surface area contributed by atoms with E-state index in [1.165, 1.54) is 19.5 Å². The fourth-order valence-corrected chi connectivity index (χ4v) is 3.34. The maximum atomic E-state index is 2.78. The van der Waals surface area contributed by atoms with Crippen molar-refractivity contribution in [3.05, 3.63) is 0 Å². The Morgan fingerprint density at radius 1 is 0.722 bits per heavy atom. The summed E-state index contributed by atoms with van der Waals surface area (Å²) in [5.74, 6) is 0. The zero-order chi connectivity index (χ0) is 13.9. The lowest BCUT2D eigenvalue weighted by molar-refractivity contribution is -0.0344. The van der Waals surface area contributed by atoms with Gasteiger partial charge in [0.25, 0.3) is 0 Å². The van der Waals surface area contributed by atoms with Gasteiger partial charge in [-0.25, -0.2) is 0 Å². The van der Waals surface area contributed by atoms with E-state index in [4.69, 9.17) is 0 Å². The Balaban J connectivity index is 2.11. The molecule has 1 saturated heterocycles. The van der Waals surface area contributed by atoms with Crippen molar-refractivity contribution in [3.63, 3.8) is 0 Å². The molecule has 2 nitrogen and oxygen atoms in total. The number of hydrogen-bond donors (Lipinski definition) is 0. The van der Waals surface area contributed by atoms with Crippen LogP contribution in [0.3, 0.4) is 0 Å². The smallest absolute Gasteiger partial charge is 0.0273 e. The lowest BCUT2D eigenvalue weighted by Gasteiger charge is -2.52. The van der Waals surface area contributed by atoms with Gasteiger partial charge in [0.2, 0.25) is 0 Å². The van der Waals surface area contributed by atoms with Crippen molar-refractivity contribution in [2.75, 3.05) is 13.1 Å². The van der Waals surface area contributed by atoms with Gasteiger partial charge in [-0.2, -0.15) is 0 Å². The average molecular weight is 252 g/mol. The van der Waals surface area contributed by atoms with Crippen LogP contribution in [0.15, 0.2) is 0 Å². The van der Waals surface area contributed by atoms with Crippen molar-refractivity contribution in [3.8, 4) is 0 Å². The molecular formula is C16H32N2. The minimum Gasteiger partial charge on any atom is -0.293 e. The van der Waals surface area contributed by atoms with Gasteiger partial charge in [0.1, 0.15) is 0 Å². The number of fused-ring (bicyclic) bond motifs is 1. The highest BCUT2D eigenvalue weighted by Gasteiger charge is 2.56. The molecule has 2 heteroatoms. The second kappa shape index (κ2) is 3.96. The Bertz CT molecular complexity index is 319. The summed E-state index contributed by atoms with van der Waals surface area (Å²) in [6, 6.07) is 1.60. The number of rotatable bonds is 1. The normalized spacial score (nSPS) is 31.3. The van der Waals surface area contributed by atoms with Gasteiger partial charge in [-0.1, -0.05) is 20.8 Å². The molecule has 2 atom stereocenters. The molecule has 18 heavy (non-hydrogen) atoms. The molecule has 2 aliphatic rings. The summed E-state index contributed by atoms with van der Waals surface area (Å²) < 4.78 is 0. The first-order valence-electron chi connectivity index (χ1n) is 7.50. The molecule has 1 heterocycles. The first-order chi connectivity index (χ1) is 7.96. The van der Waals surface area contributed by atoms with E-state index in [1.807, 2.05) is 0 Å². The van der Waals surface area contributed by atoms with Crippen LogP contribution in [0.1, 0.15) is 61.8 Å². The molecule has 1 saturated carbocycles. The second-order valence-electron chi connectivity index (χ2n) is 8.74. The van der Waals surface area contributed by atoms with E-state index >= 15 is 0 Å². The molecule has 2 rings (SSSR count). The van der Waals surface area contributed by atoms with Gasteiger partial charge in [0.15, 0.2) is 0 Å². The molecule has 0 amide bonds. The molecule has 1 aliphatic heterocycles. The summed E-state index contributed by atoms with van der Waals surface area (Å²) >= 11 is 0. The largest absolute Gasteiger partial charge is 0.293 e. The third kappa shape index (κ3) is 2.22. The van der Waals surface area contributed by atoms with Crippen molar-refractivity contribution in [2.45, 2.75) is 85.0 Å². The highest BCUT2D eigenvalue weighted by atomic mass is 15.4. The summed E-state index contributed by atoms with van der Waals surface area (Å²) in [5, 5.41) is 0. The van der Waals surface area contributed by atoms with Gasteiger partial charge in [-0.3, -0.25) is 9.80 Å². The van der Waals surface area contributed by atoms with Crippen LogP contribution in [0.2, 0.25) is 0 Å². The van der Waals surface area contributed by atoms with Crippen LogP contribution >= 0.6 is 0 Å². The van der Waals surface area contributed by atoms with Crippen LogP contribution in [0.5, 0.6) is 0 Å². The van der Waals surface area contributed by atoms with E-state index in [2.05, 4.69) is 65.2 Å². The Hall–Kier alpha value is -0.0800. The Morgan fingerprint density at radius 2 is 1.17 bits per heavy atom. The summed E-state index contributed by atoms with van der Waals surface area (Å²) in [6.07, 6.45) is 1.37. The second-order valence-corrected chi connectivity index (χ2v) is 8.74. The molecule has 0 aromatic rings. The van der Waals surface area contributed by atoms with E-state index in [1.54, 1.807) is 0 Å². The molecule has 0 N–H and O–H groups in total. The van der Waals surface area contributed by atoms with Gasteiger partial charge < -0.3 is 0 Å². The summed E-state index contributed by atoms with van der Waals surface area (Å²) in [7, 11) is 0. The number of nitrogens with zero attached hydrogens (tertiary/aromatic N) is 2. The molecule has 0 aromatic carbocycles. The van der Waals surface area contributed by atoms with Crippen molar-refractivity contribution in [1.82, 2.24) is 9.80 Å². The maximum absolute atomic E-state index is 2.78. The van der Waals surface area contributed by atoms with Crippen molar-refractivity contribution < 1.29 is 0 Å².